The SMILES string of the molecule is CCCCNC(=O)Nc1ccc(-c2ccc3c(c2)CC[C@@](CC(=O)O)(CC(F)(F)F)C3=O)cc1. The molecule has 6 nitrogen and oxygen atoms in total. The van der Waals surface area contributed by atoms with Gasteiger partial charge in [-0.1, -0.05) is 43.7 Å². The summed E-state index contributed by atoms with van der Waals surface area (Å²) in [5.41, 5.74) is 0.947. The molecule has 1 aliphatic carbocycles. The van der Waals surface area contributed by atoms with Crippen LogP contribution in [0.5, 0.6) is 0 Å². The lowest BCUT2D eigenvalue weighted by Gasteiger charge is -2.36. The Morgan fingerprint density at radius 3 is 2.38 bits per heavy atom. The van der Waals surface area contributed by atoms with Crippen molar-refractivity contribution in [2.45, 2.75) is 51.6 Å². The van der Waals surface area contributed by atoms with Crippen LogP contribution in [-0.4, -0.2) is 35.6 Å². The molecule has 182 valence electrons. The van der Waals surface area contributed by atoms with Gasteiger partial charge >= 0.3 is 18.2 Å². The minimum atomic E-state index is -4.65. The number of benzene rings is 2. The van der Waals surface area contributed by atoms with Crippen molar-refractivity contribution in [2.24, 2.45) is 5.41 Å². The van der Waals surface area contributed by atoms with Crippen molar-refractivity contribution in [1.29, 1.82) is 0 Å². The largest absolute Gasteiger partial charge is 0.481 e. The molecule has 34 heavy (non-hydrogen) atoms. The van der Waals surface area contributed by atoms with Gasteiger partial charge in [-0.15, -0.1) is 0 Å². The van der Waals surface area contributed by atoms with Gasteiger partial charge in [0.25, 0.3) is 0 Å². The molecular weight excluding hydrogens is 449 g/mol. The third kappa shape index (κ3) is 6.15. The van der Waals surface area contributed by atoms with Gasteiger partial charge in [-0.3, -0.25) is 9.59 Å². The number of halogens is 3. The smallest absolute Gasteiger partial charge is 0.390 e. The van der Waals surface area contributed by atoms with Gasteiger partial charge in [0.05, 0.1) is 18.3 Å². The van der Waals surface area contributed by atoms with Crippen molar-refractivity contribution in [1.82, 2.24) is 5.32 Å². The first-order valence-electron chi connectivity index (χ1n) is 11.1. The molecule has 0 unspecified atom stereocenters. The molecule has 1 aliphatic rings. The molecule has 0 heterocycles. The van der Waals surface area contributed by atoms with Crippen molar-refractivity contribution in [3.8, 4) is 11.1 Å². The highest BCUT2D eigenvalue weighted by Crippen LogP contribution is 2.46. The topological polar surface area (TPSA) is 95.5 Å². The van der Waals surface area contributed by atoms with Gasteiger partial charge in [0.1, 0.15) is 0 Å². The maximum Gasteiger partial charge on any atom is 0.390 e. The van der Waals surface area contributed by atoms with Gasteiger partial charge in [0, 0.05) is 17.8 Å². The minimum Gasteiger partial charge on any atom is -0.481 e. The number of amides is 2. The summed E-state index contributed by atoms with van der Waals surface area (Å²) in [5, 5.41) is 14.7. The molecule has 0 aliphatic heterocycles. The number of carboxylic acid groups (broad SMARTS) is 1. The van der Waals surface area contributed by atoms with Crippen LogP contribution in [0.1, 0.15) is 54.9 Å². The van der Waals surface area contributed by atoms with Crippen LogP contribution in [0.4, 0.5) is 23.7 Å². The molecule has 0 spiro atoms. The number of carboxylic acids is 1. The van der Waals surface area contributed by atoms with Crippen molar-refractivity contribution >= 4 is 23.5 Å². The summed E-state index contributed by atoms with van der Waals surface area (Å²) in [5.74, 6) is -2.20. The number of unbranched alkanes of at least 4 members (excludes halogenated alkanes) is 1. The predicted molar refractivity (Wildman–Crippen MR) is 122 cm³/mol. The molecule has 0 saturated heterocycles. The standard InChI is InChI=1S/C25H27F3N2O4/c1-2-3-12-29-23(34)30-19-7-4-16(5-8-19)17-6-9-20-18(13-17)10-11-24(22(20)33,14-21(31)32)15-25(26,27)28/h4-9,13H,2-3,10-12,14-15H2,1H3,(H,31,32)(H2,29,30,34)/t24-/m1/s1. The molecular formula is C25H27F3N2O4. The van der Waals surface area contributed by atoms with Crippen molar-refractivity contribution < 1.29 is 32.7 Å². The van der Waals surface area contributed by atoms with E-state index in [1.807, 2.05) is 6.92 Å². The summed E-state index contributed by atoms with van der Waals surface area (Å²) in [6.07, 6.45) is -5.09. The van der Waals surface area contributed by atoms with Gasteiger partial charge in [-0.25, -0.2) is 4.79 Å². The Balaban J connectivity index is 1.78. The number of hydrogen-bond acceptors (Lipinski definition) is 3. The summed E-state index contributed by atoms with van der Waals surface area (Å²) in [4.78, 5) is 36.2. The van der Waals surface area contributed by atoms with Gasteiger partial charge in [0.15, 0.2) is 5.78 Å². The summed E-state index contributed by atoms with van der Waals surface area (Å²) < 4.78 is 39.6. The number of nitrogens with one attached hydrogen (secondary N) is 2. The monoisotopic (exact) mass is 476 g/mol. The van der Waals surface area contributed by atoms with Gasteiger partial charge in [-0.2, -0.15) is 13.2 Å². The number of anilines is 1. The van der Waals surface area contributed by atoms with Crippen LogP contribution in [0.2, 0.25) is 0 Å². The lowest BCUT2D eigenvalue weighted by atomic mass is 9.66. The summed E-state index contributed by atoms with van der Waals surface area (Å²) >= 11 is 0. The zero-order chi connectivity index (χ0) is 24.9. The number of ketones is 1. The Hall–Kier alpha value is -3.36. The molecule has 1 atom stereocenters. The minimum absolute atomic E-state index is 0.141. The Kier molecular flexibility index (Phi) is 7.64. The van der Waals surface area contributed by atoms with Gasteiger partial charge < -0.3 is 15.7 Å². The average molecular weight is 476 g/mol. The molecule has 3 N–H and O–H groups in total. The van der Waals surface area contributed by atoms with Crippen LogP contribution >= 0.6 is 0 Å². The number of carbonyl (C=O) groups excluding carboxylic acids is 2. The van der Waals surface area contributed by atoms with Gasteiger partial charge in [-0.05, 0) is 48.1 Å². The fourth-order valence-electron chi connectivity index (χ4n) is 4.35. The highest BCUT2D eigenvalue weighted by molar-refractivity contribution is 6.04. The highest BCUT2D eigenvalue weighted by atomic mass is 19.4. The number of urea groups is 1. The van der Waals surface area contributed by atoms with E-state index >= 15 is 0 Å². The molecule has 2 aromatic rings. The molecule has 0 saturated carbocycles. The summed E-state index contributed by atoms with van der Waals surface area (Å²) in [7, 11) is 0. The number of rotatable bonds is 8. The number of carbonyl (C=O) groups is 3. The maximum absolute atomic E-state index is 13.2. The Morgan fingerprint density at radius 1 is 1.09 bits per heavy atom. The lowest BCUT2D eigenvalue weighted by molar-refractivity contribution is -0.160. The molecule has 0 fully saturated rings. The third-order valence-corrected chi connectivity index (χ3v) is 6.02. The van der Waals surface area contributed by atoms with Crippen molar-refractivity contribution in [2.75, 3.05) is 11.9 Å². The van der Waals surface area contributed by atoms with Crippen LogP contribution in [0.15, 0.2) is 42.5 Å². The van der Waals surface area contributed by atoms with Crippen LogP contribution < -0.4 is 10.6 Å². The van der Waals surface area contributed by atoms with E-state index in [4.69, 9.17) is 5.11 Å². The number of Topliss-reactive ketones (excluding diaryl/α,β-unsaturated/α-hetero) is 1. The first kappa shape index (κ1) is 25.3. The van der Waals surface area contributed by atoms with E-state index in [9.17, 15) is 27.6 Å². The normalized spacial score (nSPS) is 17.7. The molecule has 2 aromatic carbocycles. The quantitative estimate of drug-likeness (QED) is 0.419. The second-order valence-electron chi connectivity index (χ2n) is 8.66. The van der Waals surface area contributed by atoms with Crippen LogP contribution in [-0.2, 0) is 11.2 Å². The first-order valence-corrected chi connectivity index (χ1v) is 11.1. The van der Waals surface area contributed by atoms with Crippen LogP contribution in [0.25, 0.3) is 11.1 Å². The van der Waals surface area contributed by atoms with E-state index in [2.05, 4.69) is 10.6 Å². The fourth-order valence-corrected chi connectivity index (χ4v) is 4.35. The Morgan fingerprint density at radius 2 is 1.76 bits per heavy atom. The number of fused-ring (bicyclic) bond motifs is 1. The molecule has 3 rings (SSSR count). The van der Waals surface area contributed by atoms with Gasteiger partial charge in [0.2, 0.25) is 0 Å². The van der Waals surface area contributed by atoms with E-state index in [0.717, 1.165) is 24.0 Å². The van der Waals surface area contributed by atoms with Crippen LogP contribution in [0.3, 0.4) is 0 Å². The zero-order valence-electron chi connectivity index (χ0n) is 18.8. The zero-order valence-corrected chi connectivity index (χ0v) is 18.8. The highest BCUT2D eigenvalue weighted by Gasteiger charge is 2.50. The predicted octanol–water partition coefficient (Wildman–Crippen LogP) is 5.82. The Labute approximate surface area is 195 Å². The third-order valence-electron chi connectivity index (χ3n) is 6.02. The Bertz CT molecular complexity index is 1070. The number of hydrogen-bond donors (Lipinski definition) is 3. The molecule has 9 heteroatoms. The van der Waals surface area contributed by atoms with E-state index in [1.165, 1.54) is 6.07 Å². The summed E-state index contributed by atoms with van der Waals surface area (Å²) in [6, 6.07) is 11.6. The molecule has 0 bridgehead atoms. The second-order valence-corrected chi connectivity index (χ2v) is 8.66. The van der Waals surface area contributed by atoms with Crippen LogP contribution in [0, 0.1) is 5.41 Å². The van der Waals surface area contributed by atoms with Crippen molar-refractivity contribution in [3.63, 3.8) is 0 Å². The number of aryl methyl sites for hydroxylation is 1. The average Bonchev–Trinajstić information content (AvgIpc) is 2.75. The lowest BCUT2D eigenvalue weighted by Crippen LogP contribution is -2.41. The molecule has 0 radical (unpaired) electrons. The number of alkyl halides is 3. The second kappa shape index (κ2) is 10.3. The molecule has 2 amide bonds. The first-order chi connectivity index (χ1) is 16.0. The van der Waals surface area contributed by atoms with E-state index in [-0.39, 0.29) is 24.4 Å². The van der Waals surface area contributed by atoms with E-state index in [1.54, 1.807) is 36.4 Å². The molecule has 0 aromatic heterocycles. The maximum atomic E-state index is 13.2. The van der Waals surface area contributed by atoms with Crippen molar-refractivity contribution in [3.05, 3.63) is 53.6 Å². The number of aliphatic carboxylic acids is 1. The fraction of sp³-hybridized carbons (Fsp3) is 0.400. The van der Waals surface area contributed by atoms with E-state index < -0.39 is 36.2 Å². The summed E-state index contributed by atoms with van der Waals surface area (Å²) in [6.45, 7) is 2.62. The van der Waals surface area contributed by atoms with E-state index in [0.29, 0.717) is 17.8 Å².